The van der Waals surface area contributed by atoms with Crippen LogP contribution in [0.15, 0.2) is 35.3 Å². The zero-order valence-corrected chi connectivity index (χ0v) is 9.04. The van der Waals surface area contributed by atoms with Crippen LogP contribution in [0.2, 0.25) is 0 Å². The molecule has 1 amide bonds. The maximum atomic E-state index is 11.7. The molecule has 5 nitrogen and oxygen atoms in total. The minimum atomic E-state index is -0.200. The Morgan fingerprint density at radius 1 is 1.44 bits per heavy atom. The van der Waals surface area contributed by atoms with E-state index in [-0.39, 0.29) is 11.5 Å². The number of fused-ring (bicyclic) bond motifs is 1. The van der Waals surface area contributed by atoms with Crippen molar-refractivity contribution in [3.05, 3.63) is 40.8 Å². The average molecular weight is 217 g/mol. The van der Waals surface area contributed by atoms with Crippen molar-refractivity contribution in [2.75, 3.05) is 11.9 Å². The van der Waals surface area contributed by atoms with Gasteiger partial charge in [-0.05, 0) is 12.1 Å². The van der Waals surface area contributed by atoms with Crippen molar-refractivity contribution < 1.29 is 4.79 Å². The third-order valence-electron chi connectivity index (χ3n) is 2.37. The summed E-state index contributed by atoms with van der Waals surface area (Å²) in [7, 11) is 1.59. The van der Waals surface area contributed by atoms with Gasteiger partial charge in [0, 0.05) is 26.2 Å². The molecule has 0 N–H and O–H groups in total. The first-order chi connectivity index (χ1) is 7.59. The molecule has 0 spiro atoms. The fourth-order valence-corrected chi connectivity index (χ4v) is 1.37. The summed E-state index contributed by atoms with van der Waals surface area (Å²) in [6, 6.07) is 6.61. The lowest BCUT2D eigenvalue weighted by Gasteiger charge is -2.13. The van der Waals surface area contributed by atoms with Crippen molar-refractivity contribution >= 4 is 17.4 Å². The number of rotatable bonds is 1. The number of hydrogen-bond donors (Lipinski definition) is 0. The average Bonchev–Trinajstić information content (AvgIpc) is 2.28. The molecule has 0 aromatic carbocycles. The number of aromatic nitrogens is 2. The van der Waals surface area contributed by atoms with E-state index in [1.807, 2.05) is 0 Å². The molecule has 82 valence electrons. The van der Waals surface area contributed by atoms with Crippen molar-refractivity contribution in [2.24, 2.45) is 0 Å². The molecule has 0 aliphatic rings. The summed E-state index contributed by atoms with van der Waals surface area (Å²) in [4.78, 5) is 28.4. The van der Waals surface area contributed by atoms with E-state index in [0.717, 1.165) is 0 Å². The molecular weight excluding hydrogens is 206 g/mol. The van der Waals surface area contributed by atoms with Gasteiger partial charge in [-0.15, -0.1) is 0 Å². The third kappa shape index (κ3) is 1.67. The fourth-order valence-electron chi connectivity index (χ4n) is 1.37. The summed E-state index contributed by atoms with van der Waals surface area (Å²) in [5.74, 6) is 0.205. The molecule has 0 radical (unpaired) electrons. The Kier molecular flexibility index (Phi) is 2.44. The molecule has 2 rings (SSSR count). The molecule has 0 saturated carbocycles. The van der Waals surface area contributed by atoms with E-state index in [2.05, 4.69) is 4.98 Å². The van der Waals surface area contributed by atoms with E-state index in [1.165, 1.54) is 22.3 Å². The second-order valence-corrected chi connectivity index (χ2v) is 3.46. The van der Waals surface area contributed by atoms with Crippen LogP contribution in [0.3, 0.4) is 0 Å². The standard InChI is InChI=1S/C11H11N3O2/c1-8(15)13(2)10-7-11(16)14-6-4-3-5-9(14)12-10/h3-7H,1-2H3. The lowest BCUT2D eigenvalue weighted by molar-refractivity contribution is -0.116. The second kappa shape index (κ2) is 3.77. The molecule has 2 aromatic rings. The van der Waals surface area contributed by atoms with E-state index in [9.17, 15) is 9.59 Å². The summed E-state index contributed by atoms with van der Waals surface area (Å²) in [6.45, 7) is 1.43. The summed E-state index contributed by atoms with van der Waals surface area (Å²) in [5, 5.41) is 0. The summed E-state index contributed by atoms with van der Waals surface area (Å²) in [6.07, 6.45) is 1.64. The highest BCUT2D eigenvalue weighted by molar-refractivity contribution is 5.89. The quantitative estimate of drug-likeness (QED) is 0.705. The maximum Gasteiger partial charge on any atom is 0.259 e. The third-order valence-corrected chi connectivity index (χ3v) is 2.37. The summed E-state index contributed by atoms with van der Waals surface area (Å²) >= 11 is 0. The Labute approximate surface area is 92.0 Å². The Morgan fingerprint density at radius 3 is 2.88 bits per heavy atom. The lowest BCUT2D eigenvalue weighted by atomic mass is 10.4. The van der Waals surface area contributed by atoms with E-state index in [4.69, 9.17) is 0 Å². The monoisotopic (exact) mass is 217 g/mol. The van der Waals surface area contributed by atoms with Gasteiger partial charge in [-0.3, -0.25) is 18.9 Å². The molecule has 0 unspecified atom stereocenters. The van der Waals surface area contributed by atoms with Gasteiger partial charge < -0.3 is 0 Å². The number of amides is 1. The summed E-state index contributed by atoms with van der Waals surface area (Å²) in [5.41, 5.74) is 0.326. The van der Waals surface area contributed by atoms with Gasteiger partial charge in [0.25, 0.3) is 5.56 Å². The molecule has 2 aromatic heterocycles. The first-order valence-electron chi connectivity index (χ1n) is 4.82. The second-order valence-electron chi connectivity index (χ2n) is 3.46. The zero-order valence-electron chi connectivity index (χ0n) is 9.04. The number of carbonyl (C=O) groups excluding carboxylic acids is 1. The first kappa shape index (κ1) is 10.4. The zero-order chi connectivity index (χ0) is 11.7. The van der Waals surface area contributed by atoms with Crippen LogP contribution in [-0.4, -0.2) is 22.3 Å². The summed E-state index contributed by atoms with van der Waals surface area (Å²) < 4.78 is 1.43. The van der Waals surface area contributed by atoms with Crippen LogP contribution in [0.5, 0.6) is 0 Å². The Balaban J connectivity index is 2.67. The molecule has 0 bridgehead atoms. The van der Waals surface area contributed by atoms with Gasteiger partial charge in [0.05, 0.1) is 0 Å². The SMILES string of the molecule is CC(=O)N(C)c1cc(=O)n2ccccc2n1. The topological polar surface area (TPSA) is 54.7 Å². The maximum absolute atomic E-state index is 11.7. The van der Waals surface area contributed by atoms with Crippen molar-refractivity contribution in [3.63, 3.8) is 0 Å². The highest BCUT2D eigenvalue weighted by atomic mass is 16.2. The highest BCUT2D eigenvalue weighted by Gasteiger charge is 2.09. The van der Waals surface area contributed by atoms with Gasteiger partial charge in [0.15, 0.2) is 0 Å². The van der Waals surface area contributed by atoms with Crippen LogP contribution in [0.4, 0.5) is 5.82 Å². The molecule has 0 fully saturated rings. The van der Waals surface area contributed by atoms with E-state index >= 15 is 0 Å². The van der Waals surface area contributed by atoms with Crippen LogP contribution in [0.25, 0.3) is 5.65 Å². The van der Waals surface area contributed by atoms with E-state index in [0.29, 0.717) is 11.5 Å². The van der Waals surface area contributed by atoms with Crippen LogP contribution < -0.4 is 10.5 Å². The van der Waals surface area contributed by atoms with Crippen LogP contribution in [-0.2, 0) is 4.79 Å². The number of pyridine rings is 1. The number of carbonyl (C=O) groups is 1. The Hall–Kier alpha value is -2.17. The van der Waals surface area contributed by atoms with Crippen molar-refractivity contribution in [1.29, 1.82) is 0 Å². The predicted octanol–water partition coefficient (Wildman–Crippen LogP) is 0.677. The van der Waals surface area contributed by atoms with Gasteiger partial charge in [-0.2, -0.15) is 0 Å². The smallest absolute Gasteiger partial charge is 0.259 e. The molecule has 16 heavy (non-hydrogen) atoms. The highest BCUT2D eigenvalue weighted by Crippen LogP contribution is 2.07. The number of anilines is 1. The predicted molar refractivity (Wildman–Crippen MR) is 60.5 cm³/mol. The fraction of sp³-hybridized carbons (Fsp3) is 0.182. The molecule has 0 aliphatic carbocycles. The normalized spacial score (nSPS) is 10.4. The minimum absolute atomic E-state index is 0.160. The van der Waals surface area contributed by atoms with Gasteiger partial charge in [0.1, 0.15) is 11.5 Å². The van der Waals surface area contributed by atoms with E-state index < -0.39 is 0 Å². The van der Waals surface area contributed by atoms with Crippen molar-refractivity contribution in [3.8, 4) is 0 Å². The Bertz CT molecular complexity index is 603. The molecular formula is C11H11N3O2. The number of hydrogen-bond acceptors (Lipinski definition) is 3. The minimum Gasteiger partial charge on any atom is -0.300 e. The van der Waals surface area contributed by atoms with Crippen LogP contribution in [0, 0.1) is 0 Å². The number of nitrogens with zero attached hydrogens (tertiary/aromatic N) is 3. The van der Waals surface area contributed by atoms with Gasteiger partial charge in [-0.25, -0.2) is 4.98 Å². The lowest BCUT2D eigenvalue weighted by Crippen LogP contribution is -2.26. The van der Waals surface area contributed by atoms with Crippen molar-refractivity contribution in [1.82, 2.24) is 9.38 Å². The molecule has 0 aliphatic heterocycles. The van der Waals surface area contributed by atoms with E-state index in [1.54, 1.807) is 31.4 Å². The molecule has 0 saturated heterocycles. The largest absolute Gasteiger partial charge is 0.300 e. The molecule has 0 atom stereocenters. The molecule has 2 heterocycles. The van der Waals surface area contributed by atoms with Crippen LogP contribution in [0.1, 0.15) is 6.92 Å². The van der Waals surface area contributed by atoms with Crippen LogP contribution >= 0.6 is 0 Å². The van der Waals surface area contributed by atoms with Crippen molar-refractivity contribution in [2.45, 2.75) is 6.92 Å². The Morgan fingerprint density at radius 2 is 2.19 bits per heavy atom. The van der Waals surface area contributed by atoms with Gasteiger partial charge in [0.2, 0.25) is 5.91 Å². The molecule has 5 heteroatoms. The first-order valence-corrected chi connectivity index (χ1v) is 4.82. The van der Waals surface area contributed by atoms with Gasteiger partial charge in [-0.1, -0.05) is 6.07 Å². The van der Waals surface area contributed by atoms with Gasteiger partial charge >= 0.3 is 0 Å².